The summed E-state index contributed by atoms with van der Waals surface area (Å²) in [4.78, 5) is 11.7. The zero-order valence-electron chi connectivity index (χ0n) is 9.19. The van der Waals surface area contributed by atoms with Crippen LogP contribution in [-0.2, 0) is 4.79 Å². The fourth-order valence-electron chi connectivity index (χ4n) is 1.69. The summed E-state index contributed by atoms with van der Waals surface area (Å²) in [5, 5.41) is 12.7. The molecule has 0 spiro atoms. The second kappa shape index (κ2) is 4.14. The normalized spacial score (nSPS) is 23.2. The summed E-state index contributed by atoms with van der Waals surface area (Å²) in [6.45, 7) is 2.00. The number of aliphatic hydroxyl groups is 1. The van der Waals surface area contributed by atoms with Crippen molar-refractivity contribution in [1.82, 2.24) is 0 Å². The first-order valence-corrected chi connectivity index (χ1v) is 5.47. The summed E-state index contributed by atoms with van der Waals surface area (Å²) in [6, 6.07) is 7.08. The van der Waals surface area contributed by atoms with E-state index in [0.717, 1.165) is 12.8 Å². The molecule has 0 fully saturated rings. The van der Waals surface area contributed by atoms with Gasteiger partial charge in [-0.2, -0.15) is 0 Å². The van der Waals surface area contributed by atoms with E-state index in [1.807, 2.05) is 6.92 Å². The highest BCUT2D eigenvalue weighted by Crippen LogP contribution is 2.34. The average molecular weight is 221 g/mol. The Hall–Kier alpha value is -1.55. The molecule has 1 unspecified atom stereocenters. The van der Waals surface area contributed by atoms with Gasteiger partial charge in [0.25, 0.3) is 11.7 Å². The standard InChI is InChI=1S/C12H15NO3/c1-2-3-8-12(15)11(14)13-9-6-4-5-7-10(9)16-12/h4-7,15H,2-3,8H2,1H3,(H,13,14). The Labute approximate surface area is 94.2 Å². The van der Waals surface area contributed by atoms with Crippen LogP contribution in [0, 0.1) is 0 Å². The van der Waals surface area contributed by atoms with Crippen LogP contribution in [-0.4, -0.2) is 16.8 Å². The molecule has 2 N–H and O–H groups in total. The van der Waals surface area contributed by atoms with E-state index in [1.54, 1.807) is 24.3 Å². The van der Waals surface area contributed by atoms with E-state index in [9.17, 15) is 9.90 Å². The number of amides is 1. The number of anilines is 1. The van der Waals surface area contributed by atoms with Crippen molar-refractivity contribution < 1.29 is 14.6 Å². The molecule has 0 aromatic heterocycles. The molecule has 1 amide bonds. The Morgan fingerprint density at radius 3 is 2.94 bits per heavy atom. The molecule has 0 radical (unpaired) electrons. The van der Waals surface area contributed by atoms with Crippen molar-refractivity contribution in [3.8, 4) is 5.75 Å². The minimum atomic E-state index is -1.72. The molecule has 2 rings (SSSR count). The van der Waals surface area contributed by atoms with E-state index < -0.39 is 11.7 Å². The molecular weight excluding hydrogens is 206 g/mol. The third-order valence-corrected chi connectivity index (χ3v) is 2.64. The van der Waals surface area contributed by atoms with Crippen molar-refractivity contribution in [2.75, 3.05) is 5.32 Å². The number of ether oxygens (including phenoxy) is 1. The molecule has 86 valence electrons. The zero-order chi connectivity index (χ0) is 11.6. The number of carbonyl (C=O) groups excluding carboxylic acids is 1. The highest BCUT2D eigenvalue weighted by atomic mass is 16.6. The van der Waals surface area contributed by atoms with Gasteiger partial charge in [-0.1, -0.05) is 25.5 Å². The summed E-state index contributed by atoms with van der Waals surface area (Å²) >= 11 is 0. The number of carbonyl (C=O) groups is 1. The monoisotopic (exact) mass is 221 g/mol. The first kappa shape index (κ1) is 11.0. The van der Waals surface area contributed by atoms with E-state index in [1.165, 1.54) is 0 Å². The highest BCUT2D eigenvalue weighted by molar-refractivity contribution is 5.99. The van der Waals surface area contributed by atoms with Crippen molar-refractivity contribution in [2.24, 2.45) is 0 Å². The van der Waals surface area contributed by atoms with E-state index in [0.29, 0.717) is 17.9 Å². The van der Waals surface area contributed by atoms with Crippen LogP contribution in [0.25, 0.3) is 0 Å². The Bertz CT molecular complexity index is 405. The number of hydrogen-bond donors (Lipinski definition) is 2. The average Bonchev–Trinajstić information content (AvgIpc) is 2.28. The SMILES string of the molecule is CCCCC1(O)Oc2ccccc2NC1=O. The summed E-state index contributed by atoms with van der Waals surface area (Å²) in [5.74, 6) is -1.69. The van der Waals surface area contributed by atoms with Crippen LogP contribution in [0.4, 0.5) is 5.69 Å². The first-order chi connectivity index (χ1) is 7.65. The molecule has 0 bridgehead atoms. The second-order valence-corrected chi connectivity index (χ2v) is 3.94. The molecule has 1 aliphatic rings. The Morgan fingerprint density at radius 2 is 2.19 bits per heavy atom. The molecule has 4 nitrogen and oxygen atoms in total. The van der Waals surface area contributed by atoms with Crippen molar-refractivity contribution in [2.45, 2.75) is 32.0 Å². The molecular formula is C12H15NO3. The van der Waals surface area contributed by atoms with Gasteiger partial charge in [-0.3, -0.25) is 4.79 Å². The van der Waals surface area contributed by atoms with Gasteiger partial charge < -0.3 is 15.2 Å². The number of hydrogen-bond acceptors (Lipinski definition) is 3. The molecule has 0 saturated heterocycles. The van der Waals surface area contributed by atoms with Gasteiger partial charge in [0.05, 0.1) is 5.69 Å². The predicted octanol–water partition coefficient (Wildman–Crippen LogP) is 1.90. The maximum atomic E-state index is 11.7. The van der Waals surface area contributed by atoms with Crippen molar-refractivity contribution >= 4 is 11.6 Å². The minimum Gasteiger partial charge on any atom is -0.451 e. The summed E-state index contributed by atoms with van der Waals surface area (Å²) in [7, 11) is 0. The summed E-state index contributed by atoms with van der Waals surface area (Å²) < 4.78 is 5.38. The number of para-hydroxylation sites is 2. The zero-order valence-corrected chi connectivity index (χ0v) is 9.19. The van der Waals surface area contributed by atoms with Crippen LogP contribution >= 0.6 is 0 Å². The van der Waals surface area contributed by atoms with Gasteiger partial charge >= 0.3 is 0 Å². The van der Waals surface area contributed by atoms with Crippen molar-refractivity contribution in [3.05, 3.63) is 24.3 Å². The molecule has 16 heavy (non-hydrogen) atoms. The third-order valence-electron chi connectivity index (χ3n) is 2.64. The van der Waals surface area contributed by atoms with E-state index >= 15 is 0 Å². The molecule has 1 heterocycles. The van der Waals surface area contributed by atoms with Crippen LogP contribution in [0.1, 0.15) is 26.2 Å². The van der Waals surface area contributed by atoms with Crippen LogP contribution in [0.2, 0.25) is 0 Å². The second-order valence-electron chi connectivity index (χ2n) is 3.94. The van der Waals surface area contributed by atoms with Gasteiger partial charge in [0, 0.05) is 6.42 Å². The minimum absolute atomic E-state index is 0.309. The molecule has 0 saturated carbocycles. The van der Waals surface area contributed by atoms with Crippen LogP contribution in [0.5, 0.6) is 5.75 Å². The fourth-order valence-corrected chi connectivity index (χ4v) is 1.69. The Balaban J connectivity index is 2.23. The number of nitrogens with one attached hydrogen (secondary N) is 1. The Morgan fingerprint density at radius 1 is 1.44 bits per heavy atom. The van der Waals surface area contributed by atoms with Crippen LogP contribution < -0.4 is 10.1 Å². The number of fused-ring (bicyclic) bond motifs is 1. The van der Waals surface area contributed by atoms with Crippen LogP contribution in [0.15, 0.2) is 24.3 Å². The van der Waals surface area contributed by atoms with Crippen molar-refractivity contribution in [1.29, 1.82) is 0 Å². The quantitative estimate of drug-likeness (QED) is 0.819. The molecule has 1 atom stereocenters. The first-order valence-electron chi connectivity index (χ1n) is 5.47. The lowest BCUT2D eigenvalue weighted by molar-refractivity contribution is -0.173. The summed E-state index contributed by atoms with van der Waals surface area (Å²) in [5.41, 5.74) is 0.605. The number of rotatable bonds is 3. The van der Waals surface area contributed by atoms with Gasteiger partial charge in [-0.25, -0.2) is 0 Å². The molecule has 4 heteroatoms. The van der Waals surface area contributed by atoms with Gasteiger partial charge in [-0.15, -0.1) is 0 Å². The predicted molar refractivity (Wildman–Crippen MR) is 60.2 cm³/mol. The Kier molecular flexibility index (Phi) is 2.83. The topological polar surface area (TPSA) is 58.6 Å². The van der Waals surface area contributed by atoms with E-state index in [-0.39, 0.29) is 0 Å². The fraction of sp³-hybridized carbons (Fsp3) is 0.417. The molecule has 1 aromatic carbocycles. The van der Waals surface area contributed by atoms with Crippen LogP contribution in [0.3, 0.4) is 0 Å². The maximum absolute atomic E-state index is 11.7. The van der Waals surface area contributed by atoms with Crippen molar-refractivity contribution in [3.63, 3.8) is 0 Å². The van der Waals surface area contributed by atoms with E-state index in [4.69, 9.17) is 4.74 Å². The van der Waals surface area contributed by atoms with E-state index in [2.05, 4.69) is 5.32 Å². The molecule has 1 aromatic rings. The van der Waals surface area contributed by atoms with Gasteiger partial charge in [-0.05, 0) is 18.6 Å². The van der Waals surface area contributed by atoms with Gasteiger partial charge in [0.1, 0.15) is 5.75 Å². The van der Waals surface area contributed by atoms with Gasteiger partial charge in [0.2, 0.25) is 0 Å². The molecule has 0 aliphatic carbocycles. The van der Waals surface area contributed by atoms with Gasteiger partial charge in [0.15, 0.2) is 0 Å². The molecule has 1 aliphatic heterocycles. The maximum Gasteiger partial charge on any atom is 0.297 e. The summed E-state index contributed by atoms with van der Waals surface area (Å²) in [6.07, 6.45) is 1.95. The third kappa shape index (κ3) is 1.88. The lowest BCUT2D eigenvalue weighted by atomic mass is 10.1. The lowest BCUT2D eigenvalue weighted by Gasteiger charge is -2.32. The number of benzene rings is 1. The smallest absolute Gasteiger partial charge is 0.297 e. The lowest BCUT2D eigenvalue weighted by Crippen LogP contribution is -2.50. The number of unbranched alkanes of at least 4 members (excludes halogenated alkanes) is 1. The largest absolute Gasteiger partial charge is 0.451 e. The highest BCUT2D eigenvalue weighted by Gasteiger charge is 2.41.